The number of amides is 1. The van der Waals surface area contributed by atoms with E-state index in [9.17, 15) is 4.79 Å². The summed E-state index contributed by atoms with van der Waals surface area (Å²) in [5.74, 6) is 0.894. The van der Waals surface area contributed by atoms with Gasteiger partial charge in [0.2, 0.25) is 5.91 Å². The highest BCUT2D eigenvalue weighted by Crippen LogP contribution is 2.24. The highest BCUT2D eigenvalue weighted by molar-refractivity contribution is 9.11. The van der Waals surface area contributed by atoms with E-state index in [1.165, 1.54) is 4.88 Å². The molecule has 0 radical (unpaired) electrons. The van der Waals surface area contributed by atoms with Crippen LogP contribution < -0.4 is 5.32 Å². The SMILES string of the molecule is CC(C(=O)N(C)Cc1ccc(Br)s1)C1CNC1. The van der Waals surface area contributed by atoms with Crippen molar-refractivity contribution in [2.24, 2.45) is 11.8 Å². The fourth-order valence-electron chi connectivity index (χ4n) is 1.96. The van der Waals surface area contributed by atoms with E-state index < -0.39 is 0 Å². The quantitative estimate of drug-likeness (QED) is 0.924. The topological polar surface area (TPSA) is 32.3 Å². The first-order chi connectivity index (χ1) is 8.08. The Bertz CT molecular complexity index is 403. The molecule has 0 bridgehead atoms. The van der Waals surface area contributed by atoms with Gasteiger partial charge < -0.3 is 10.2 Å². The van der Waals surface area contributed by atoms with E-state index in [4.69, 9.17) is 0 Å². The summed E-state index contributed by atoms with van der Waals surface area (Å²) < 4.78 is 1.12. The third-order valence-electron chi connectivity index (χ3n) is 3.31. The van der Waals surface area contributed by atoms with Gasteiger partial charge in [-0.05, 0) is 47.1 Å². The highest BCUT2D eigenvalue weighted by atomic mass is 79.9. The first-order valence-electron chi connectivity index (χ1n) is 5.78. The normalized spacial score (nSPS) is 17.6. The van der Waals surface area contributed by atoms with Gasteiger partial charge in [0, 0.05) is 17.8 Å². The van der Waals surface area contributed by atoms with E-state index in [-0.39, 0.29) is 11.8 Å². The Morgan fingerprint density at radius 1 is 1.65 bits per heavy atom. The van der Waals surface area contributed by atoms with E-state index in [1.807, 2.05) is 24.9 Å². The Hall–Kier alpha value is -0.390. The van der Waals surface area contributed by atoms with Gasteiger partial charge in [0.25, 0.3) is 0 Å². The third-order valence-corrected chi connectivity index (χ3v) is 4.92. The van der Waals surface area contributed by atoms with E-state index in [0.717, 1.165) is 16.9 Å². The maximum atomic E-state index is 12.2. The van der Waals surface area contributed by atoms with Crippen LogP contribution in [0.25, 0.3) is 0 Å². The molecule has 1 aliphatic rings. The van der Waals surface area contributed by atoms with Crippen LogP contribution in [0.4, 0.5) is 0 Å². The molecule has 1 aliphatic heterocycles. The van der Waals surface area contributed by atoms with Crippen molar-refractivity contribution in [3.8, 4) is 0 Å². The number of halogens is 1. The molecule has 1 saturated heterocycles. The number of nitrogens with one attached hydrogen (secondary N) is 1. The summed E-state index contributed by atoms with van der Waals surface area (Å²) in [6.45, 7) is 4.70. The zero-order valence-corrected chi connectivity index (χ0v) is 12.5. The van der Waals surface area contributed by atoms with Gasteiger partial charge in [-0.2, -0.15) is 0 Å². The minimum Gasteiger partial charge on any atom is -0.340 e. The number of thiophene rings is 1. The van der Waals surface area contributed by atoms with Gasteiger partial charge in [0.1, 0.15) is 0 Å². The second kappa shape index (κ2) is 5.50. The van der Waals surface area contributed by atoms with Gasteiger partial charge in [0.05, 0.1) is 10.3 Å². The van der Waals surface area contributed by atoms with Crippen LogP contribution in [0.3, 0.4) is 0 Å². The van der Waals surface area contributed by atoms with E-state index in [2.05, 4.69) is 27.3 Å². The molecule has 1 fully saturated rings. The zero-order chi connectivity index (χ0) is 12.4. The van der Waals surface area contributed by atoms with Crippen LogP contribution in [0, 0.1) is 11.8 Å². The van der Waals surface area contributed by atoms with Gasteiger partial charge in [0.15, 0.2) is 0 Å². The summed E-state index contributed by atoms with van der Waals surface area (Å²) in [4.78, 5) is 15.2. The Kier molecular flexibility index (Phi) is 4.22. The Balaban J connectivity index is 1.90. The maximum Gasteiger partial charge on any atom is 0.225 e. The molecule has 0 aromatic carbocycles. The van der Waals surface area contributed by atoms with Gasteiger partial charge in [-0.15, -0.1) is 11.3 Å². The Labute approximate surface area is 114 Å². The van der Waals surface area contributed by atoms with Crippen molar-refractivity contribution in [3.63, 3.8) is 0 Å². The van der Waals surface area contributed by atoms with Crippen molar-refractivity contribution >= 4 is 33.2 Å². The molecule has 1 unspecified atom stereocenters. The lowest BCUT2D eigenvalue weighted by atomic mass is 9.88. The number of rotatable bonds is 4. The van der Waals surface area contributed by atoms with E-state index >= 15 is 0 Å². The second-order valence-electron chi connectivity index (χ2n) is 4.61. The molecule has 0 spiro atoms. The van der Waals surface area contributed by atoms with Gasteiger partial charge >= 0.3 is 0 Å². The Morgan fingerprint density at radius 3 is 2.82 bits per heavy atom. The van der Waals surface area contributed by atoms with E-state index in [1.54, 1.807) is 11.3 Å². The smallest absolute Gasteiger partial charge is 0.225 e. The molecule has 3 nitrogen and oxygen atoms in total. The van der Waals surface area contributed by atoms with Crippen LogP contribution in [0.1, 0.15) is 11.8 Å². The summed E-state index contributed by atoms with van der Waals surface area (Å²) >= 11 is 5.12. The fourth-order valence-corrected chi connectivity index (χ4v) is 3.50. The molecule has 1 amide bonds. The number of hydrogen-bond acceptors (Lipinski definition) is 3. The maximum absolute atomic E-state index is 12.2. The van der Waals surface area contributed by atoms with Crippen LogP contribution in [0.15, 0.2) is 15.9 Å². The lowest BCUT2D eigenvalue weighted by molar-refractivity contribution is -0.136. The second-order valence-corrected chi connectivity index (χ2v) is 7.15. The minimum atomic E-state index is 0.129. The van der Waals surface area contributed by atoms with Crippen LogP contribution in [-0.4, -0.2) is 30.9 Å². The van der Waals surface area contributed by atoms with Gasteiger partial charge in [-0.25, -0.2) is 0 Å². The predicted octanol–water partition coefficient (Wildman–Crippen LogP) is 2.32. The number of hydrogen-bond donors (Lipinski definition) is 1. The first kappa shape index (κ1) is 13.1. The van der Waals surface area contributed by atoms with Crippen molar-refractivity contribution in [3.05, 3.63) is 20.8 Å². The minimum absolute atomic E-state index is 0.129. The monoisotopic (exact) mass is 316 g/mol. The largest absolute Gasteiger partial charge is 0.340 e. The lowest BCUT2D eigenvalue weighted by Gasteiger charge is -2.33. The number of carbonyl (C=O) groups is 1. The molecule has 2 heterocycles. The number of carbonyl (C=O) groups excluding carboxylic acids is 1. The van der Waals surface area contributed by atoms with Gasteiger partial charge in [-0.3, -0.25) is 4.79 Å². The van der Waals surface area contributed by atoms with Crippen LogP contribution in [0.2, 0.25) is 0 Å². The molecular weight excluding hydrogens is 300 g/mol. The van der Waals surface area contributed by atoms with Crippen molar-refractivity contribution in [1.29, 1.82) is 0 Å². The molecule has 0 aliphatic carbocycles. The summed E-state index contributed by atoms with van der Waals surface area (Å²) in [6, 6.07) is 4.09. The average Bonchev–Trinajstić information content (AvgIpc) is 2.60. The summed E-state index contributed by atoms with van der Waals surface area (Å²) in [7, 11) is 1.89. The van der Waals surface area contributed by atoms with Crippen molar-refractivity contribution in [2.45, 2.75) is 13.5 Å². The standard InChI is InChI=1S/C12H17BrN2OS/c1-8(9-5-14-6-9)12(16)15(2)7-10-3-4-11(13)17-10/h3-4,8-9,14H,5-7H2,1-2H3. The summed E-state index contributed by atoms with van der Waals surface area (Å²) in [6.07, 6.45) is 0. The lowest BCUT2D eigenvalue weighted by Crippen LogP contribution is -2.49. The molecule has 94 valence electrons. The van der Waals surface area contributed by atoms with Crippen LogP contribution in [-0.2, 0) is 11.3 Å². The molecular formula is C12H17BrN2OS. The van der Waals surface area contributed by atoms with Crippen LogP contribution >= 0.6 is 27.3 Å². The first-order valence-corrected chi connectivity index (χ1v) is 7.39. The Morgan fingerprint density at radius 2 is 2.35 bits per heavy atom. The van der Waals surface area contributed by atoms with Gasteiger partial charge in [-0.1, -0.05) is 6.92 Å². The van der Waals surface area contributed by atoms with E-state index in [0.29, 0.717) is 12.5 Å². The molecule has 1 N–H and O–H groups in total. The molecule has 1 atom stereocenters. The molecule has 17 heavy (non-hydrogen) atoms. The average molecular weight is 317 g/mol. The molecule has 0 saturated carbocycles. The van der Waals surface area contributed by atoms with Crippen molar-refractivity contribution in [1.82, 2.24) is 10.2 Å². The highest BCUT2D eigenvalue weighted by Gasteiger charge is 2.30. The third kappa shape index (κ3) is 3.09. The van der Waals surface area contributed by atoms with Crippen LogP contribution in [0.5, 0.6) is 0 Å². The summed E-state index contributed by atoms with van der Waals surface area (Å²) in [5, 5.41) is 3.21. The number of nitrogens with zero attached hydrogens (tertiary/aromatic N) is 1. The zero-order valence-electron chi connectivity index (χ0n) is 10.1. The molecule has 1 aromatic rings. The fraction of sp³-hybridized carbons (Fsp3) is 0.583. The predicted molar refractivity (Wildman–Crippen MR) is 74.0 cm³/mol. The van der Waals surface area contributed by atoms with Crippen molar-refractivity contribution < 1.29 is 4.79 Å². The van der Waals surface area contributed by atoms with Crippen molar-refractivity contribution in [2.75, 3.05) is 20.1 Å². The molecule has 1 aromatic heterocycles. The molecule has 5 heteroatoms. The molecule has 2 rings (SSSR count). The summed E-state index contributed by atoms with van der Waals surface area (Å²) in [5.41, 5.74) is 0.